The first-order valence-electron chi connectivity index (χ1n) is 2.47. The Balaban J connectivity index is 3.04. The molecule has 0 atom stereocenters. The smallest absolute Gasteiger partial charge is 0.178 e. The van der Waals surface area contributed by atoms with Crippen LogP contribution in [0, 0.1) is 5.82 Å². The summed E-state index contributed by atoms with van der Waals surface area (Å²) in [6.07, 6.45) is 0.993. The molecule has 0 aliphatic carbocycles. The number of hydrogen-bond acceptors (Lipinski definition) is 2. The van der Waals surface area contributed by atoms with Gasteiger partial charge in [-0.05, 0) is 0 Å². The molecule has 0 saturated carbocycles. The number of halogens is 3. The lowest BCUT2D eigenvalue weighted by Gasteiger charge is -1.93. The molecule has 0 unspecified atom stereocenters. The molecule has 0 spiro atoms. The summed E-state index contributed by atoms with van der Waals surface area (Å²) < 4.78 is 12.3. The fourth-order valence-corrected chi connectivity index (χ4v) is 0.720. The van der Waals surface area contributed by atoms with Crippen LogP contribution in [0.5, 0.6) is 0 Å². The topological polar surface area (TPSA) is 25.8 Å². The van der Waals surface area contributed by atoms with Crippen LogP contribution in [0.4, 0.5) is 4.39 Å². The van der Waals surface area contributed by atoms with Gasteiger partial charge in [0.1, 0.15) is 5.82 Å². The number of rotatable bonds is 1. The van der Waals surface area contributed by atoms with Crippen molar-refractivity contribution in [2.24, 2.45) is 0 Å². The predicted molar refractivity (Wildman–Crippen MR) is 36.6 cm³/mol. The minimum atomic E-state index is -0.629. The minimum Gasteiger partial charge on any atom is -0.237 e. The van der Waals surface area contributed by atoms with Crippen molar-refractivity contribution in [2.45, 2.75) is 5.88 Å². The highest BCUT2D eigenvalue weighted by atomic mass is 35.5. The average Bonchev–Trinajstić information content (AvgIpc) is 1.95. The first-order valence-corrected chi connectivity index (χ1v) is 3.38. The molecule has 0 N–H and O–H groups in total. The van der Waals surface area contributed by atoms with Crippen LogP contribution in [0.3, 0.4) is 0 Å². The first-order chi connectivity index (χ1) is 4.74. The second-order valence-corrected chi connectivity index (χ2v) is 2.18. The van der Waals surface area contributed by atoms with Gasteiger partial charge in [0, 0.05) is 0 Å². The molecule has 10 heavy (non-hydrogen) atoms. The van der Waals surface area contributed by atoms with Crippen LogP contribution in [-0.4, -0.2) is 9.97 Å². The average molecular weight is 181 g/mol. The largest absolute Gasteiger partial charge is 0.237 e. The van der Waals surface area contributed by atoms with Gasteiger partial charge in [-0.2, -0.15) is 0 Å². The van der Waals surface area contributed by atoms with Gasteiger partial charge >= 0.3 is 0 Å². The molecule has 0 aliphatic heterocycles. The summed E-state index contributed by atoms with van der Waals surface area (Å²) in [7, 11) is 0. The highest BCUT2D eigenvalue weighted by molar-refractivity contribution is 6.29. The number of hydrogen-bond donors (Lipinski definition) is 0. The zero-order valence-electron chi connectivity index (χ0n) is 4.81. The summed E-state index contributed by atoms with van der Waals surface area (Å²) in [6, 6.07) is 0. The lowest BCUT2D eigenvalue weighted by molar-refractivity contribution is 0.611. The molecular formula is C5H3Cl2FN2. The van der Waals surface area contributed by atoms with Gasteiger partial charge in [0.15, 0.2) is 11.0 Å². The standard InChI is InChI=1S/C5H3Cl2FN2/c6-1-4-9-2-3(8)5(7)10-4/h2H,1H2. The summed E-state index contributed by atoms with van der Waals surface area (Å²) in [4.78, 5) is 7.09. The summed E-state index contributed by atoms with van der Waals surface area (Å²) in [5.74, 6) is -0.163. The molecule has 0 fully saturated rings. The molecule has 1 aromatic heterocycles. The van der Waals surface area contributed by atoms with Crippen molar-refractivity contribution >= 4 is 23.2 Å². The quantitative estimate of drug-likeness (QED) is 0.489. The molecule has 0 bridgehead atoms. The normalized spacial score (nSPS) is 9.90. The van der Waals surface area contributed by atoms with E-state index in [0.717, 1.165) is 6.20 Å². The molecule has 0 saturated heterocycles. The summed E-state index contributed by atoms with van der Waals surface area (Å²) >= 11 is 10.7. The van der Waals surface area contributed by atoms with Crippen LogP contribution in [0.1, 0.15) is 5.82 Å². The Hall–Kier alpha value is -0.410. The maximum atomic E-state index is 12.3. The van der Waals surface area contributed by atoms with Crippen LogP contribution in [0.25, 0.3) is 0 Å². The van der Waals surface area contributed by atoms with Crippen LogP contribution in [0.2, 0.25) is 5.15 Å². The Morgan fingerprint density at radius 2 is 2.30 bits per heavy atom. The van der Waals surface area contributed by atoms with E-state index >= 15 is 0 Å². The molecule has 0 amide bonds. The summed E-state index contributed by atoms with van der Waals surface area (Å²) in [6.45, 7) is 0. The van der Waals surface area contributed by atoms with Crippen LogP contribution in [-0.2, 0) is 5.88 Å². The Morgan fingerprint density at radius 1 is 1.60 bits per heavy atom. The van der Waals surface area contributed by atoms with Crippen molar-refractivity contribution in [2.75, 3.05) is 0 Å². The molecule has 5 heteroatoms. The van der Waals surface area contributed by atoms with Crippen LogP contribution >= 0.6 is 23.2 Å². The fourth-order valence-electron chi connectivity index (χ4n) is 0.444. The third kappa shape index (κ3) is 1.55. The van der Waals surface area contributed by atoms with E-state index in [1.165, 1.54) is 0 Å². The zero-order chi connectivity index (χ0) is 7.56. The molecule has 0 aromatic carbocycles. The van der Waals surface area contributed by atoms with Crippen molar-refractivity contribution in [1.82, 2.24) is 9.97 Å². The van der Waals surface area contributed by atoms with Gasteiger partial charge in [-0.3, -0.25) is 0 Å². The van der Waals surface area contributed by atoms with Gasteiger partial charge < -0.3 is 0 Å². The second kappa shape index (κ2) is 3.12. The third-order valence-electron chi connectivity index (χ3n) is 0.871. The second-order valence-electron chi connectivity index (χ2n) is 1.56. The minimum absolute atomic E-state index is 0.139. The van der Waals surface area contributed by atoms with E-state index in [0.29, 0.717) is 5.82 Å². The van der Waals surface area contributed by atoms with E-state index in [9.17, 15) is 4.39 Å². The van der Waals surface area contributed by atoms with E-state index in [4.69, 9.17) is 23.2 Å². The zero-order valence-corrected chi connectivity index (χ0v) is 6.32. The van der Waals surface area contributed by atoms with E-state index < -0.39 is 5.82 Å². The molecule has 0 aliphatic rings. The highest BCUT2D eigenvalue weighted by Crippen LogP contribution is 2.09. The Morgan fingerprint density at radius 3 is 2.80 bits per heavy atom. The molecule has 1 aromatic rings. The molecule has 0 radical (unpaired) electrons. The van der Waals surface area contributed by atoms with Gasteiger partial charge in [-0.1, -0.05) is 11.6 Å². The Kier molecular flexibility index (Phi) is 2.40. The molecule has 54 valence electrons. The Bertz CT molecular complexity index is 241. The van der Waals surface area contributed by atoms with Crippen molar-refractivity contribution in [1.29, 1.82) is 0 Å². The maximum Gasteiger partial charge on any atom is 0.178 e. The van der Waals surface area contributed by atoms with E-state index in [1.807, 2.05) is 0 Å². The van der Waals surface area contributed by atoms with Crippen LogP contribution < -0.4 is 0 Å². The van der Waals surface area contributed by atoms with Gasteiger partial charge in [0.2, 0.25) is 0 Å². The highest BCUT2D eigenvalue weighted by Gasteiger charge is 2.01. The van der Waals surface area contributed by atoms with E-state index in [-0.39, 0.29) is 11.0 Å². The molecule has 1 rings (SSSR count). The van der Waals surface area contributed by atoms with E-state index in [1.54, 1.807) is 0 Å². The van der Waals surface area contributed by atoms with Gasteiger partial charge in [0.05, 0.1) is 12.1 Å². The number of nitrogens with zero attached hydrogens (tertiary/aromatic N) is 2. The molecule has 2 nitrogen and oxygen atoms in total. The van der Waals surface area contributed by atoms with E-state index in [2.05, 4.69) is 9.97 Å². The number of aromatic nitrogens is 2. The lowest BCUT2D eigenvalue weighted by atomic mass is 10.6. The lowest BCUT2D eigenvalue weighted by Crippen LogP contribution is -1.93. The monoisotopic (exact) mass is 180 g/mol. The van der Waals surface area contributed by atoms with Crippen molar-refractivity contribution in [3.8, 4) is 0 Å². The number of alkyl halides is 1. The van der Waals surface area contributed by atoms with Gasteiger partial charge in [0.25, 0.3) is 0 Å². The van der Waals surface area contributed by atoms with Crippen molar-refractivity contribution in [3.05, 3.63) is 23.0 Å². The summed E-state index contributed by atoms with van der Waals surface area (Å²) in [5, 5.41) is -0.189. The Labute approximate surface area is 67.0 Å². The van der Waals surface area contributed by atoms with Crippen molar-refractivity contribution < 1.29 is 4.39 Å². The summed E-state index contributed by atoms with van der Waals surface area (Å²) in [5.41, 5.74) is 0. The maximum absolute atomic E-state index is 12.3. The predicted octanol–water partition coefficient (Wildman–Crippen LogP) is 2.01. The fraction of sp³-hybridized carbons (Fsp3) is 0.200. The van der Waals surface area contributed by atoms with Gasteiger partial charge in [-0.25, -0.2) is 14.4 Å². The SMILES string of the molecule is Fc1cnc(CCl)nc1Cl. The third-order valence-corrected chi connectivity index (χ3v) is 1.37. The molecule has 1 heterocycles. The van der Waals surface area contributed by atoms with Gasteiger partial charge in [-0.15, -0.1) is 11.6 Å². The van der Waals surface area contributed by atoms with Crippen molar-refractivity contribution in [3.63, 3.8) is 0 Å². The molecular weight excluding hydrogens is 178 g/mol. The van der Waals surface area contributed by atoms with Crippen LogP contribution in [0.15, 0.2) is 6.20 Å². The first kappa shape index (κ1) is 7.69.